The molecule has 0 spiro atoms. The van der Waals surface area contributed by atoms with E-state index in [1.807, 2.05) is 0 Å². The molecule has 5 nitrogen and oxygen atoms in total. The molecule has 1 aromatic rings. The van der Waals surface area contributed by atoms with Crippen LogP contribution in [-0.2, 0) is 14.4 Å². The molecule has 0 N–H and O–H groups in total. The highest BCUT2D eigenvalue weighted by molar-refractivity contribution is 7.86. The van der Waals surface area contributed by atoms with Crippen LogP contribution in [0.3, 0.4) is 0 Å². The second-order valence-electron chi connectivity index (χ2n) is 4.97. The molecule has 0 radical (unpaired) electrons. The molecule has 0 aliphatic carbocycles. The molecule has 0 fully saturated rings. The van der Waals surface area contributed by atoms with Gasteiger partial charge in [-0.3, -0.25) is 4.28 Å². The molecule has 0 amide bonds. The Morgan fingerprint density at radius 2 is 1.86 bits per heavy atom. The average Bonchev–Trinajstić information content (AvgIpc) is 2.54. The molecule has 0 atom stereocenters. The van der Waals surface area contributed by atoms with E-state index in [2.05, 4.69) is 18.1 Å². The van der Waals surface area contributed by atoms with Gasteiger partial charge in [-0.15, -0.1) is 0 Å². The minimum absolute atomic E-state index is 0.0954. The second kappa shape index (κ2) is 9.96. The van der Waals surface area contributed by atoms with Gasteiger partial charge < -0.3 is 0 Å². The van der Waals surface area contributed by atoms with Crippen LogP contribution in [0.15, 0.2) is 40.4 Å². The largest absolute Gasteiger partial charge is 0.358 e. The average molecular weight is 322 g/mol. The summed E-state index contributed by atoms with van der Waals surface area (Å²) < 4.78 is 28.9. The van der Waals surface area contributed by atoms with Crippen LogP contribution < -0.4 is 0 Å². The molecule has 0 aromatic heterocycles. The van der Waals surface area contributed by atoms with Crippen LogP contribution in [0.25, 0.3) is 0 Å². The Bertz CT molecular complexity index is 604. The van der Waals surface area contributed by atoms with Gasteiger partial charge in [-0.2, -0.15) is 13.7 Å². The molecule has 0 aliphatic rings. The summed E-state index contributed by atoms with van der Waals surface area (Å²) in [6, 6.07) is 10.1. The third-order valence-electron chi connectivity index (χ3n) is 3.12. The van der Waals surface area contributed by atoms with Crippen LogP contribution in [0.4, 0.5) is 0 Å². The maximum Gasteiger partial charge on any atom is 0.358 e. The first-order valence-electron chi connectivity index (χ1n) is 7.51. The summed E-state index contributed by atoms with van der Waals surface area (Å²) in [6.07, 6.45) is 5.41. The lowest BCUT2D eigenvalue weighted by atomic mass is 10.1. The SMILES string of the molecule is CCCCC(CCCCC#N)=NOS(=O)(=O)c1ccccc1. The minimum Gasteiger partial charge on any atom is -0.265 e. The van der Waals surface area contributed by atoms with Gasteiger partial charge in [0.05, 0.1) is 11.8 Å². The Labute approximate surface area is 132 Å². The molecule has 22 heavy (non-hydrogen) atoms. The van der Waals surface area contributed by atoms with Crippen molar-refractivity contribution < 1.29 is 12.7 Å². The Morgan fingerprint density at radius 3 is 2.50 bits per heavy atom. The van der Waals surface area contributed by atoms with Crippen molar-refractivity contribution >= 4 is 15.8 Å². The summed E-state index contributed by atoms with van der Waals surface area (Å²) in [4.78, 5) is 0.0954. The zero-order valence-corrected chi connectivity index (χ0v) is 13.7. The van der Waals surface area contributed by atoms with Crippen LogP contribution in [0.1, 0.15) is 51.9 Å². The van der Waals surface area contributed by atoms with Crippen molar-refractivity contribution in [3.05, 3.63) is 30.3 Å². The fourth-order valence-corrected chi connectivity index (χ4v) is 2.64. The molecule has 0 aliphatic heterocycles. The predicted molar refractivity (Wildman–Crippen MR) is 85.8 cm³/mol. The van der Waals surface area contributed by atoms with Gasteiger partial charge in [0.15, 0.2) is 0 Å². The summed E-state index contributed by atoms with van der Waals surface area (Å²) in [6.45, 7) is 2.06. The van der Waals surface area contributed by atoms with Crippen molar-refractivity contribution in [2.45, 2.75) is 56.8 Å². The first kappa shape index (κ1) is 18.2. The van der Waals surface area contributed by atoms with E-state index in [1.165, 1.54) is 12.1 Å². The predicted octanol–water partition coefficient (Wildman–Crippen LogP) is 4.02. The van der Waals surface area contributed by atoms with Gasteiger partial charge in [-0.05, 0) is 44.2 Å². The Balaban J connectivity index is 2.68. The third-order valence-corrected chi connectivity index (χ3v) is 4.24. The number of unbranched alkanes of at least 4 members (excludes halogenated alkanes) is 3. The topological polar surface area (TPSA) is 79.5 Å². The number of nitriles is 1. The Hall–Kier alpha value is -1.87. The maximum absolute atomic E-state index is 12.0. The standard InChI is InChI=1S/C16H22N2O3S/c1-2-3-10-15(11-6-5-9-14-17)18-21-22(19,20)16-12-7-4-8-13-16/h4,7-8,12-13H,2-3,5-6,9-11H2,1H3. The van der Waals surface area contributed by atoms with Crippen LogP contribution >= 0.6 is 0 Å². The van der Waals surface area contributed by atoms with Gasteiger partial charge in [0, 0.05) is 6.42 Å². The highest BCUT2D eigenvalue weighted by atomic mass is 32.2. The number of benzene rings is 1. The number of hydrogen-bond acceptors (Lipinski definition) is 5. The van der Waals surface area contributed by atoms with Gasteiger partial charge >= 0.3 is 10.1 Å². The molecule has 1 aromatic carbocycles. The van der Waals surface area contributed by atoms with Crippen molar-refractivity contribution in [1.82, 2.24) is 0 Å². The summed E-state index contributed by atoms with van der Waals surface area (Å²) in [7, 11) is -3.86. The van der Waals surface area contributed by atoms with Crippen LogP contribution in [-0.4, -0.2) is 14.1 Å². The monoisotopic (exact) mass is 322 g/mol. The van der Waals surface area contributed by atoms with E-state index in [9.17, 15) is 8.42 Å². The third kappa shape index (κ3) is 6.72. The summed E-state index contributed by atoms with van der Waals surface area (Å²) in [5.41, 5.74) is 0.735. The lowest BCUT2D eigenvalue weighted by Crippen LogP contribution is -2.06. The fraction of sp³-hybridized carbons (Fsp3) is 0.500. The van der Waals surface area contributed by atoms with E-state index in [4.69, 9.17) is 9.55 Å². The first-order chi connectivity index (χ1) is 10.6. The molecular weight excluding hydrogens is 300 g/mol. The van der Waals surface area contributed by atoms with Crippen molar-refractivity contribution in [2.24, 2.45) is 5.16 Å². The van der Waals surface area contributed by atoms with Crippen molar-refractivity contribution in [3.63, 3.8) is 0 Å². The number of nitrogens with zero attached hydrogens (tertiary/aromatic N) is 2. The maximum atomic E-state index is 12.0. The van der Waals surface area contributed by atoms with E-state index >= 15 is 0 Å². The van der Waals surface area contributed by atoms with E-state index in [0.717, 1.165) is 31.4 Å². The zero-order valence-electron chi connectivity index (χ0n) is 12.9. The minimum atomic E-state index is -3.86. The molecule has 0 heterocycles. The van der Waals surface area contributed by atoms with Crippen LogP contribution in [0.5, 0.6) is 0 Å². The molecule has 6 heteroatoms. The summed E-state index contributed by atoms with van der Waals surface area (Å²) in [5, 5.41) is 12.4. The number of oxime groups is 1. The molecule has 0 bridgehead atoms. The van der Waals surface area contributed by atoms with E-state index in [-0.39, 0.29) is 4.90 Å². The lowest BCUT2D eigenvalue weighted by molar-refractivity contribution is 0.336. The highest BCUT2D eigenvalue weighted by Gasteiger charge is 2.15. The van der Waals surface area contributed by atoms with E-state index in [0.29, 0.717) is 19.3 Å². The first-order valence-corrected chi connectivity index (χ1v) is 8.92. The number of rotatable bonds is 10. The molecule has 0 saturated carbocycles. The summed E-state index contributed by atoms with van der Waals surface area (Å²) in [5.74, 6) is 0. The molecule has 120 valence electrons. The smallest absolute Gasteiger partial charge is 0.265 e. The fourth-order valence-electron chi connectivity index (χ4n) is 1.86. The Kier molecular flexibility index (Phi) is 8.23. The van der Waals surface area contributed by atoms with Crippen molar-refractivity contribution in [1.29, 1.82) is 5.26 Å². The van der Waals surface area contributed by atoms with Crippen LogP contribution in [0, 0.1) is 11.3 Å². The number of hydrogen-bond donors (Lipinski definition) is 0. The second-order valence-corrected chi connectivity index (χ2v) is 6.50. The zero-order chi connectivity index (χ0) is 16.3. The molecule has 0 saturated heterocycles. The molecule has 1 rings (SSSR count). The van der Waals surface area contributed by atoms with Gasteiger partial charge in [0.1, 0.15) is 4.90 Å². The van der Waals surface area contributed by atoms with Crippen molar-refractivity contribution in [2.75, 3.05) is 0 Å². The van der Waals surface area contributed by atoms with Gasteiger partial charge in [0.25, 0.3) is 0 Å². The quantitative estimate of drug-likeness (QED) is 0.370. The lowest BCUT2D eigenvalue weighted by Gasteiger charge is -2.06. The van der Waals surface area contributed by atoms with Crippen LogP contribution in [0.2, 0.25) is 0 Å². The molecular formula is C16H22N2O3S. The molecule has 0 unspecified atom stereocenters. The highest BCUT2D eigenvalue weighted by Crippen LogP contribution is 2.14. The normalized spacial score (nSPS) is 11.9. The summed E-state index contributed by atoms with van der Waals surface area (Å²) >= 11 is 0. The van der Waals surface area contributed by atoms with Gasteiger partial charge in [-0.1, -0.05) is 36.7 Å². The van der Waals surface area contributed by atoms with Crippen molar-refractivity contribution in [3.8, 4) is 6.07 Å². The Morgan fingerprint density at radius 1 is 1.18 bits per heavy atom. The van der Waals surface area contributed by atoms with Gasteiger partial charge in [0.2, 0.25) is 0 Å². The van der Waals surface area contributed by atoms with E-state index in [1.54, 1.807) is 18.2 Å². The van der Waals surface area contributed by atoms with E-state index < -0.39 is 10.1 Å². The van der Waals surface area contributed by atoms with Gasteiger partial charge in [-0.25, -0.2) is 0 Å².